The van der Waals surface area contributed by atoms with Gasteiger partial charge in [-0.25, -0.2) is 4.98 Å². The highest BCUT2D eigenvalue weighted by atomic mass is 32.1. The van der Waals surface area contributed by atoms with Gasteiger partial charge in [0.2, 0.25) is 5.91 Å². The first-order valence-electron chi connectivity index (χ1n) is 6.19. The van der Waals surface area contributed by atoms with E-state index in [2.05, 4.69) is 20.7 Å². The van der Waals surface area contributed by atoms with Crippen molar-refractivity contribution in [2.24, 2.45) is 0 Å². The van der Waals surface area contributed by atoms with Gasteiger partial charge in [0.25, 0.3) is 0 Å². The SMILES string of the molecule is CCCNC(=O)Cn1ccc(Nc2ncc(C=O)s2)n1. The summed E-state index contributed by atoms with van der Waals surface area (Å²) in [5, 5.41) is 10.6. The summed E-state index contributed by atoms with van der Waals surface area (Å²) in [5.74, 6) is 0.513. The maximum absolute atomic E-state index is 11.5. The number of thiazole rings is 1. The highest BCUT2D eigenvalue weighted by Crippen LogP contribution is 2.20. The topological polar surface area (TPSA) is 88.9 Å². The third kappa shape index (κ3) is 3.89. The quantitative estimate of drug-likeness (QED) is 0.754. The largest absolute Gasteiger partial charge is 0.355 e. The Labute approximate surface area is 120 Å². The second-order valence-corrected chi connectivity index (χ2v) is 5.12. The van der Waals surface area contributed by atoms with Gasteiger partial charge in [-0.3, -0.25) is 14.3 Å². The fourth-order valence-electron chi connectivity index (χ4n) is 1.49. The zero-order valence-corrected chi connectivity index (χ0v) is 11.8. The molecule has 0 aromatic carbocycles. The third-order valence-electron chi connectivity index (χ3n) is 2.39. The normalized spacial score (nSPS) is 10.2. The van der Waals surface area contributed by atoms with Crippen LogP contribution in [0.25, 0.3) is 0 Å². The van der Waals surface area contributed by atoms with Gasteiger partial charge < -0.3 is 10.6 Å². The minimum atomic E-state index is -0.0704. The highest BCUT2D eigenvalue weighted by molar-refractivity contribution is 7.17. The van der Waals surface area contributed by atoms with Crippen LogP contribution in [0.2, 0.25) is 0 Å². The van der Waals surface area contributed by atoms with Gasteiger partial charge in [0.1, 0.15) is 6.54 Å². The number of amides is 1. The van der Waals surface area contributed by atoms with Gasteiger partial charge in [-0.2, -0.15) is 5.10 Å². The van der Waals surface area contributed by atoms with Crippen molar-refractivity contribution in [3.63, 3.8) is 0 Å². The summed E-state index contributed by atoms with van der Waals surface area (Å²) in [7, 11) is 0. The summed E-state index contributed by atoms with van der Waals surface area (Å²) < 4.78 is 1.54. The van der Waals surface area contributed by atoms with Crippen LogP contribution in [0.4, 0.5) is 10.9 Å². The number of carbonyl (C=O) groups excluding carboxylic acids is 2. The summed E-state index contributed by atoms with van der Waals surface area (Å²) in [6, 6.07) is 1.75. The lowest BCUT2D eigenvalue weighted by Crippen LogP contribution is -2.28. The molecular formula is C12H15N5O2S. The molecule has 0 unspecified atom stereocenters. The van der Waals surface area contributed by atoms with E-state index in [0.29, 0.717) is 22.4 Å². The van der Waals surface area contributed by atoms with Gasteiger partial charge in [-0.05, 0) is 6.42 Å². The predicted molar refractivity (Wildman–Crippen MR) is 76.3 cm³/mol. The van der Waals surface area contributed by atoms with Crippen molar-refractivity contribution in [3.05, 3.63) is 23.3 Å². The van der Waals surface area contributed by atoms with E-state index in [9.17, 15) is 9.59 Å². The van der Waals surface area contributed by atoms with Gasteiger partial charge in [0, 0.05) is 18.8 Å². The van der Waals surface area contributed by atoms with Crippen molar-refractivity contribution < 1.29 is 9.59 Å². The van der Waals surface area contributed by atoms with Gasteiger partial charge >= 0.3 is 0 Å². The first-order chi connectivity index (χ1) is 9.71. The molecule has 0 spiro atoms. The van der Waals surface area contributed by atoms with Gasteiger partial charge in [-0.15, -0.1) is 0 Å². The fourth-order valence-corrected chi connectivity index (χ4v) is 2.13. The van der Waals surface area contributed by atoms with Crippen LogP contribution >= 0.6 is 11.3 Å². The van der Waals surface area contributed by atoms with Crippen LogP contribution in [-0.4, -0.2) is 33.5 Å². The Hall–Kier alpha value is -2.22. The second kappa shape index (κ2) is 6.80. The Bertz CT molecular complexity index is 592. The minimum Gasteiger partial charge on any atom is -0.355 e. The fraction of sp³-hybridized carbons (Fsp3) is 0.333. The van der Waals surface area contributed by atoms with E-state index in [1.54, 1.807) is 16.9 Å². The van der Waals surface area contributed by atoms with E-state index in [1.807, 2.05) is 6.92 Å². The standard InChI is InChI=1S/C12H15N5O2S/c1-2-4-13-11(19)7-17-5-3-10(16-17)15-12-14-6-9(8-18)20-12/h3,5-6,8H,2,4,7H2,1H3,(H,13,19)(H,14,15,16). The molecule has 0 saturated carbocycles. The first-order valence-corrected chi connectivity index (χ1v) is 7.01. The first kappa shape index (κ1) is 14.2. The smallest absolute Gasteiger partial charge is 0.241 e. The highest BCUT2D eigenvalue weighted by Gasteiger charge is 2.06. The number of rotatable bonds is 7. The zero-order chi connectivity index (χ0) is 14.4. The molecule has 2 heterocycles. The molecule has 0 atom stereocenters. The molecule has 20 heavy (non-hydrogen) atoms. The number of aromatic nitrogens is 3. The van der Waals surface area contributed by atoms with Gasteiger partial charge in [0.15, 0.2) is 17.2 Å². The molecule has 2 aromatic rings. The van der Waals surface area contributed by atoms with E-state index < -0.39 is 0 Å². The van der Waals surface area contributed by atoms with Gasteiger partial charge in [-0.1, -0.05) is 18.3 Å². The number of carbonyl (C=O) groups is 2. The van der Waals surface area contributed by atoms with Crippen LogP contribution in [0.1, 0.15) is 23.0 Å². The third-order valence-corrected chi connectivity index (χ3v) is 3.23. The molecule has 2 rings (SSSR count). The van der Waals surface area contributed by atoms with Crippen LogP contribution in [0.5, 0.6) is 0 Å². The molecule has 0 saturated heterocycles. The molecule has 0 aliphatic carbocycles. The van der Waals surface area contributed by atoms with Crippen molar-refractivity contribution in [3.8, 4) is 0 Å². The Morgan fingerprint density at radius 2 is 2.40 bits per heavy atom. The Balaban J connectivity index is 1.91. The van der Waals surface area contributed by atoms with Crippen LogP contribution in [0, 0.1) is 0 Å². The van der Waals surface area contributed by atoms with Crippen molar-refractivity contribution in [2.75, 3.05) is 11.9 Å². The van der Waals surface area contributed by atoms with Crippen molar-refractivity contribution in [2.45, 2.75) is 19.9 Å². The maximum Gasteiger partial charge on any atom is 0.241 e. The average Bonchev–Trinajstić information content (AvgIpc) is 3.06. The van der Waals surface area contributed by atoms with E-state index in [4.69, 9.17) is 0 Å². The molecule has 0 bridgehead atoms. The molecule has 2 aromatic heterocycles. The Kier molecular flexibility index (Phi) is 4.83. The monoisotopic (exact) mass is 293 g/mol. The molecule has 0 radical (unpaired) electrons. The minimum absolute atomic E-state index is 0.0704. The molecule has 2 N–H and O–H groups in total. The Morgan fingerprint density at radius 1 is 1.55 bits per heavy atom. The summed E-state index contributed by atoms with van der Waals surface area (Å²) in [6.45, 7) is 2.84. The number of nitrogens with one attached hydrogen (secondary N) is 2. The number of nitrogens with zero attached hydrogens (tertiary/aromatic N) is 3. The van der Waals surface area contributed by atoms with Crippen LogP contribution in [0.15, 0.2) is 18.5 Å². The van der Waals surface area contributed by atoms with Crippen LogP contribution < -0.4 is 10.6 Å². The molecule has 0 aliphatic heterocycles. The van der Waals surface area contributed by atoms with Crippen molar-refractivity contribution in [1.29, 1.82) is 0 Å². The van der Waals surface area contributed by atoms with Crippen molar-refractivity contribution >= 4 is 34.5 Å². The van der Waals surface area contributed by atoms with E-state index in [-0.39, 0.29) is 12.5 Å². The molecular weight excluding hydrogens is 278 g/mol. The summed E-state index contributed by atoms with van der Waals surface area (Å²) in [5.41, 5.74) is 0. The number of aldehydes is 1. The average molecular weight is 293 g/mol. The van der Waals surface area contributed by atoms with Crippen LogP contribution in [-0.2, 0) is 11.3 Å². The van der Waals surface area contributed by atoms with E-state index in [1.165, 1.54) is 17.5 Å². The Morgan fingerprint density at radius 3 is 3.10 bits per heavy atom. The summed E-state index contributed by atoms with van der Waals surface area (Å²) >= 11 is 1.24. The molecule has 7 nitrogen and oxygen atoms in total. The van der Waals surface area contributed by atoms with Gasteiger partial charge in [0.05, 0.1) is 11.1 Å². The summed E-state index contributed by atoms with van der Waals surface area (Å²) in [6.07, 6.45) is 4.86. The lowest BCUT2D eigenvalue weighted by atomic mass is 10.4. The zero-order valence-electron chi connectivity index (χ0n) is 11.0. The molecule has 106 valence electrons. The number of hydrogen-bond donors (Lipinski definition) is 2. The molecule has 8 heteroatoms. The lowest BCUT2D eigenvalue weighted by Gasteiger charge is -2.03. The predicted octanol–water partition coefficient (Wildman–Crippen LogP) is 1.42. The van der Waals surface area contributed by atoms with Crippen LogP contribution in [0.3, 0.4) is 0 Å². The second-order valence-electron chi connectivity index (χ2n) is 4.06. The maximum atomic E-state index is 11.5. The van der Waals surface area contributed by atoms with E-state index >= 15 is 0 Å². The molecule has 0 aliphatic rings. The number of hydrogen-bond acceptors (Lipinski definition) is 6. The summed E-state index contributed by atoms with van der Waals surface area (Å²) in [4.78, 5) is 26.7. The molecule has 0 fully saturated rings. The van der Waals surface area contributed by atoms with E-state index in [0.717, 1.165) is 12.7 Å². The number of anilines is 2. The molecule has 1 amide bonds. The lowest BCUT2D eigenvalue weighted by molar-refractivity contribution is -0.121. The van der Waals surface area contributed by atoms with Crippen molar-refractivity contribution in [1.82, 2.24) is 20.1 Å².